The molecule has 2 unspecified atom stereocenters. The van der Waals surface area contributed by atoms with Gasteiger partial charge in [-0.25, -0.2) is 0 Å². The second-order valence-electron chi connectivity index (χ2n) is 2.03. The minimum atomic E-state index is -6.46. The van der Waals surface area contributed by atoms with E-state index in [2.05, 4.69) is 20.6 Å². The Morgan fingerprint density at radius 3 is 2.13 bits per heavy atom. The van der Waals surface area contributed by atoms with Crippen molar-refractivity contribution >= 4 is 15.2 Å². The van der Waals surface area contributed by atoms with E-state index in [4.69, 9.17) is 12.5 Å². The Morgan fingerprint density at radius 1 is 1.40 bits per heavy atom. The maximum absolute atomic E-state index is 11.8. The van der Waals surface area contributed by atoms with Gasteiger partial charge in [0.1, 0.15) is 0 Å². The topological polar surface area (TPSA) is 169 Å². The summed E-state index contributed by atoms with van der Waals surface area (Å²) >= 11 is 0. The zero-order chi connectivity index (χ0) is 19.1. The molecule has 0 radical (unpaired) electrons. The third kappa shape index (κ3) is 4.53. The quantitative estimate of drug-likeness (QED) is 0.253. The fourth-order valence-electron chi connectivity index (χ4n) is 0.413. The fraction of sp³-hybridized carbons (Fsp3) is 1.00. The fourth-order valence-corrected chi connectivity index (χ4v) is 2.00. The third-order valence-corrected chi connectivity index (χ3v) is 4.23. The van der Waals surface area contributed by atoms with Crippen LogP contribution in [0.15, 0.2) is 0 Å². The Bertz CT molecular complexity index is 518. The van der Waals surface area contributed by atoms with Crippen LogP contribution in [-0.2, 0) is 9.13 Å². The first-order valence-corrected chi connectivity index (χ1v) is 5.94. The molecular weight excluding hydrogens is 259 g/mol. The Kier molecular flexibility index (Phi) is 2.90. The van der Waals surface area contributed by atoms with Crippen molar-refractivity contribution in [3.63, 3.8) is 0 Å². The second-order valence-corrected chi connectivity index (χ2v) is 5.63. The zero-order valence-corrected chi connectivity index (χ0v) is 11.2. The molecule has 0 spiro atoms. The molecule has 86 valence electrons. The van der Waals surface area contributed by atoms with Crippen LogP contribution in [0.25, 0.3) is 0 Å². The van der Waals surface area contributed by atoms with Gasteiger partial charge in [-0.2, -0.15) is 0 Å². The summed E-state index contributed by atoms with van der Waals surface area (Å²) in [6.07, 6.45) is -8.47. The van der Waals surface area contributed by atoms with Gasteiger partial charge in [-0.3, -0.25) is 0 Å². The first-order valence-electron chi connectivity index (χ1n) is 7.08. The first kappa shape index (κ1) is 6.97. The Balaban J connectivity index is 0. The summed E-state index contributed by atoms with van der Waals surface area (Å²) in [5.74, 6) is 0. The molecule has 0 aliphatic heterocycles. The summed E-state index contributed by atoms with van der Waals surface area (Å²) in [5.41, 5.74) is 2.61. The molecule has 2 atom stereocenters. The molecule has 0 saturated heterocycles. The van der Waals surface area contributed by atoms with Crippen LogP contribution in [0.5, 0.6) is 0 Å². The predicted molar refractivity (Wildman–Crippen MR) is 41.6 cm³/mol. The zero-order valence-electron chi connectivity index (χ0n) is 16.5. The van der Waals surface area contributed by atoms with Gasteiger partial charge in [-0.05, 0) is 6.37 Å². The molecule has 0 rings (SSSR count). The van der Waals surface area contributed by atoms with Crippen molar-refractivity contribution in [2.75, 3.05) is 6.50 Å². The second kappa shape index (κ2) is 6.23. The molecule has 0 aliphatic rings. The molecule has 0 aromatic carbocycles. The Morgan fingerprint density at radius 2 is 1.87 bits per heavy atom. The van der Waals surface area contributed by atoms with Crippen LogP contribution in [0.2, 0.25) is 0 Å². The minimum absolute atomic E-state index is 0. The van der Waals surface area contributed by atoms with Crippen LogP contribution in [-0.4, -0.2) is 30.8 Å². The van der Waals surface area contributed by atoms with Gasteiger partial charge in [-0.15, -0.1) is 0 Å². The van der Waals surface area contributed by atoms with Crippen molar-refractivity contribution in [2.45, 2.75) is 17.8 Å². The van der Waals surface area contributed by atoms with E-state index in [0.717, 1.165) is 0 Å². The standard InChI is InChI=1S/C4H13NO7P2.Na/c5-3-1-2-4(6,13(7,8)9)14(10,11)12;/h6H,1-3,5H2,(H2,7,8,9)(H2,10,11,12);/q;+1/p-1/i1D2,2D2,3D2,6D;/hD2. The van der Waals surface area contributed by atoms with E-state index in [0.29, 0.717) is 0 Å². The number of hydrogen-bond donors (Lipinski definition) is 4. The van der Waals surface area contributed by atoms with Crippen molar-refractivity contribution in [3.05, 3.63) is 0 Å². The number of rotatable bonds is 8. The molecule has 0 aromatic heterocycles. The van der Waals surface area contributed by atoms with Gasteiger partial charge < -0.3 is 39.6 Å². The molecule has 8 nitrogen and oxygen atoms in total. The molecule has 0 fully saturated rings. The van der Waals surface area contributed by atoms with Crippen LogP contribution < -0.4 is 45.1 Å². The van der Waals surface area contributed by atoms with Gasteiger partial charge in [0.25, 0.3) is 0 Å². The Labute approximate surface area is 121 Å². The summed E-state index contributed by atoms with van der Waals surface area (Å²) in [7, 11) is -12.9. The average molecular weight is 280 g/mol. The van der Waals surface area contributed by atoms with E-state index in [1.165, 1.54) is 0 Å². The van der Waals surface area contributed by atoms with E-state index in [1.54, 1.807) is 0 Å². The molecule has 0 amide bonds. The summed E-state index contributed by atoms with van der Waals surface area (Å²) in [4.78, 5) is 29.7. The van der Waals surface area contributed by atoms with Crippen LogP contribution in [0, 0.1) is 0 Å². The number of hydrogen-bond acceptors (Lipinski definition) is 7. The van der Waals surface area contributed by atoms with Crippen LogP contribution in [0.3, 0.4) is 0 Å². The van der Waals surface area contributed by atoms with Gasteiger partial charge in [-0.1, -0.05) is 0 Å². The van der Waals surface area contributed by atoms with Crippen molar-refractivity contribution < 1.29 is 77.3 Å². The summed E-state index contributed by atoms with van der Waals surface area (Å²) in [6, 6.07) is 0. The molecule has 0 bridgehead atoms. The third-order valence-electron chi connectivity index (χ3n) is 1.06. The molecule has 6 N–H and O–H groups in total. The predicted octanol–water partition coefficient (Wildman–Crippen LogP) is -6.25. The van der Waals surface area contributed by atoms with Crippen molar-refractivity contribution in [2.24, 2.45) is 0 Å². The average Bonchev–Trinajstić information content (AvgIpc) is 2.37. The van der Waals surface area contributed by atoms with E-state index >= 15 is 0 Å². The van der Waals surface area contributed by atoms with Gasteiger partial charge >= 0.3 is 29.6 Å². The maximum Gasteiger partial charge on any atom is 1.00 e. The number of quaternary nitrogens is 1. The Hall–Kier alpha value is 1.22. The van der Waals surface area contributed by atoms with Gasteiger partial charge in [0.2, 0.25) is 4.29 Å². The minimum Gasteiger partial charge on any atom is -0.776 e. The molecule has 0 aliphatic carbocycles. The summed E-state index contributed by atoms with van der Waals surface area (Å²) in [6.45, 7) is -3.44. The molecule has 0 aromatic rings. The molecular formula is C4H12NNaO7P2. The monoisotopic (exact) mass is 280 g/mol. The van der Waals surface area contributed by atoms with Crippen LogP contribution in [0.1, 0.15) is 21.0 Å². The van der Waals surface area contributed by atoms with E-state index in [1.807, 2.05) is 0 Å². The van der Waals surface area contributed by atoms with Gasteiger partial charge in [0.05, 0.1) is 9.24 Å². The van der Waals surface area contributed by atoms with Crippen molar-refractivity contribution in [1.29, 1.82) is 4.29 Å². The van der Waals surface area contributed by atoms with E-state index in [-0.39, 0.29) is 29.6 Å². The molecule has 11 heteroatoms. The largest absolute Gasteiger partial charge is 1.00 e. The normalized spacial score (nSPS) is 34.5. The van der Waals surface area contributed by atoms with Gasteiger partial charge in [0.15, 0.2) is 20.3 Å². The molecule has 0 heterocycles. The summed E-state index contributed by atoms with van der Waals surface area (Å²) in [5, 5.41) is -1.31. The van der Waals surface area contributed by atoms with E-state index < -0.39 is 39.5 Å². The SMILES string of the molecule is [2H]OC(C([2H])([2H])C([2H])([2H])C([2H])([2H])[NH3+])(P(=O)([O-])O[2H])P(=O)([O-])O[2H].[Na+]. The maximum atomic E-state index is 11.8. The smallest absolute Gasteiger partial charge is 0.776 e. The van der Waals surface area contributed by atoms with Gasteiger partial charge in [0, 0.05) is 11.9 Å². The van der Waals surface area contributed by atoms with Crippen molar-refractivity contribution in [3.8, 4) is 0 Å². The first-order chi connectivity index (χ1) is 9.93. The molecule has 15 heavy (non-hydrogen) atoms. The van der Waals surface area contributed by atoms with Crippen LogP contribution in [0.4, 0.5) is 0 Å². The van der Waals surface area contributed by atoms with Crippen LogP contribution >= 0.6 is 15.2 Å². The molecule has 0 saturated carbocycles. The summed E-state index contributed by atoms with van der Waals surface area (Å²) < 4.78 is 86.9. The van der Waals surface area contributed by atoms with E-state index in [9.17, 15) is 18.9 Å². The number of aliphatic hydroxyl groups is 1. The van der Waals surface area contributed by atoms with Crippen molar-refractivity contribution in [1.82, 2.24) is 0 Å².